The van der Waals surface area contributed by atoms with E-state index in [-0.39, 0.29) is 11.7 Å². The molecule has 0 saturated heterocycles. The molecule has 0 aromatic heterocycles. The van der Waals surface area contributed by atoms with Crippen LogP contribution in [-0.2, 0) is 20.6 Å². The molecule has 0 N–H and O–H groups in total. The zero-order chi connectivity index (χ0) is 20.0. The highest BCUT2D eigenvalue weighted by molar-refractivity contribution is 5.17. The summed E-state index contributed by atoms with van der Waals surface area (Å²) in [6, 6.07) is 6.72. The second-order valence-electron chi connectivity index (χ2n) is 6.99. The van der Waals surface area contributed by atoms with Crippen molar-refractivity contribution in [3.05, 3.63) is 35.6 Å². The molecule has 0 saturated carbocycles. The standard InChI is InChI=1S/C23H39FO3/c1-5-9-10-11-12-13-14-21(19-20-15-17-22(24)18-16-20)23(25-6-2,26-7-3)27-8-4/h15-18,21H,5-14,19H2,1-4H3. The fourth-order valence-corrected chi connectivity index (χ4v) is 3.56. The fraction of sp³-hybridized carbons (Fsp3) is 0.739. The molecule has 4 heteroatoms. The summed E-state index contributed by atoms with van der Waals surface area (Å²) in [6.45, 7) is 9.70. The molecule has 3 nitrogen and oxygen atoms in total. The van der Waals surface area contributed by atoms with Crippen LogP contribution in [0.25, 0.3) is 0 Å². The monoisotopic (exact) mass is 382 g/mol. The first-order valence-electron chi connectivity index (χ1n) is 10.8. The molecule has 0 bridgehead atoms. The maximum atomic E-state index is 13.3. The van der Waals surface area contributed by atoms with E-state index in [1.165, 1.54) is 44.2 Å². The SMILES string of the molecule is CCCCCCCCC(Cc1ccc(F)cc1)C(OCC)(OCC)OCC. The molecule has 1 atom stereocenters. The summed E-state index contributed by atoms with van der Waals surface area (Å²) < 4.78 is 31.4. The maximum absolute atomic E-state index is 13.3. The fourth-order valence-electron chi connectivity index (χ4n) is 3.56. The number of hydrogen-bond donors (Lipinski definition) is 0. The van der Waals surface area contributed by atoms with Gasteiger partial charge in [0.2, 0.25) is 0 Å². The predicted octanol–water partition coefficient (Wildman–Crippen LogP) is 6.50. The summed E-state index contributed by atoms with van der Waals surface area (Å²) in [5.74, 6) is -1.18. The van der Waals surface area contributed by atoms with E-state index in [2.05, 4.69) is 6.92 Å². The van der Waals surface area contributed by atoms with Gasteiger partial charge >= 0.3 is 0 Å². The lowest BCUT2D eigenvalue weighted by atomic mass is 9.90. The molecule has 156 valence electrons. The summed E-state index contributed by atoms with van der Waals surface area (Å²) >= 11 is 0. The van der Waals surface area contributed by atoms with Gasteiger partial charge in [-0.2, -0.15) is 0 Å². The van der Waals surface area contributed by atoms with E-state index in [0.717, 1.165) is 24.8 Å². The van der Waals surface area contributed by atoms with Crippen LogP contribution in [0.5, 0.6) is 0 Å². The largest absolute Gasteiger partial charge is 0.328 e. The van der Waals surface area contributed by atoms with Gasteiger partial charge in [0.05, 0.1) is 0 Å². The van der Waals surface area contributed by atoms with E-state index in [4.69, 9.17) is 14.2 Å². The topological polar surface area (TPSA) is 27.7 Å². The van der Waals surface area contributed by atoms with Crippen LogP contribution >= 0.6 is 0 Å². The van der Waals surface area contributed by atoms with Crippen molar-refractivity contribution < 1.29 is 18.6 Å². The lowest BCUT2D eigenvalue weighted by molar-refractivity contribution is -0.402. The minimum Gasteiger partial charge on any atom is -0.328 e. The van der Waals surface area contributed by atoms with Crippen molar-refractivity contribution in [1.29, 1.82) is 0 Å². The Morgan fingerprint density at radius 3 is 1.81 bits per heavy atom. The smallest absolute Gasteiger partial charge is 0.286 e. The molecule has 0 amide bonds. The first kappa shape index (κ1) is 24.1. The van der Waals surface area contributed by atoms with Crippen LogP contribution in [0.3, 0.4) is 0 Å². The summed E-state index contributed by atoms with van der Waals surface area (Å²) in [4.78, 5) is 0. The second-order valence-corrected chi connectivity index (χ2v) is 6.99. The van der Waals surface area contributed by atoms with Gasteiger partial charge in [0.25, 0.3) is 5.97 Å². The van der Waals surface area contributed by atoms with Crippen molar-refractivity contribution in [2.24, 2.45) is 5.92 Å². The lowest BCUT2D eigenvalue weighted by Crippen LogP contribution is -2.47. The van der Waals surface area contributed by atoms with E-state index >= 15 is 0 Å². The molecule has 0 heterocycles. The van der Waals surface area contributed by atoms with Crippen molar-refractivity contribution in [2.45, 2.75) is 85.0 Å². The van der Waals surface area contributed by atoms with Crippen molar-refractivity contribution >= 4 is 0 Å². The highest BCUT2D eigenvalue weighted by atomic mass is 19.1. The minimum absolute atomic E-state index is 0.0639. The van der Waals surface area contributed by atoms with Crippen molar-refractivity contribution in [3.63, 3.8) is 0 Å². The van der Waals surface area contributed by atoms with Crippen LogP contribution in [-0.4, -0.2) is 25.8 Å². The molecule has 1 unspecified atom stereocenters. The van der Waals surface area contributed by atoms with E-state index < -0.39 is 5.97 Å². The van der Waals surface area contributed by atoms with E-state index in [1.54, 1.807) is 0 Å². The number of rotatable bonds is 16. The highest BCUT2D eigenvalue weighted by Gasteiger charge is 2.41. The Bertz CT molecular complexity index is 458. The van der Waals surface area contributed by atoms with Gasteiger partial charge in [0, 0.05) is 25.7 Å². The molecular weight excluding hydrogens is 343 g/mol. The Morgan fingerprint density at radius 1 is 0.778 bits per heavy atom. The van der Waals surface area contributed by atoms with Gasteiger partial charge in [-0.3, -0.25) is 0 Å². The Balaban J connectivity index is 2.88. The quantitative estimate of drug-likeness (QED) is 0.241. The van der Waals surface area contributed by atoms with Gasteiger partial charge in [0.15, 0.2) is 0 Å². The first-order valence-corrected chi connectivity index (χ1v) is 10.8. The Hall–Kier alpha value is -0.970. The van der Waals surface area contributed by atoms with Crippen LogP contribution in [0.4, 0.5) is 4.39 Å². The minimum atomic E-state index is -1.03. The molecule has 1 aromatic carbocycles. The van der Waals surface area contributed by atoms with E-state index in [9.17, 15) is 4.39 Å². The zero-order valence-electron chi connectivity index (χ0n) is 17.8. The molecule has 0 aliphatic heterocycles. The number of halogens is 1. The Morgan fingerprint density at radius 2 is 1.30 bits per heavy atom. The van der Waals surface area contributed by atoms with E-state index in [1.807, 2.05) is 32.9 Å². The molecule has 27 heavy (non-hydrogen) atoms. The molecule has 0 fully saturated rings. The summed E-state index contributed by atoms with van der Waals surface area (Å²) in [5.41, 5.74) is 1.08. The third-order valence-corrected chi connectivity index (χ3v) is 4.84. The molecule has 1 aromatic rings. The normalized spacial score (nSPS) is 13.1. The molecule has 0 aliphatic carbocycles. The van der Waals surface area contributed by atoms with Crippen LogP contribution in [0.15, 0.2) is 24.3 Å². The number of hydrogen-bond acceptors (Lipinski definition) is 3. The van der Waals surface area contributed by atoms with Crippen molar-refractivity contribution in [2.75, 3.05) is 19.8 Å². The van der Waals surface area contributed by atoms with Crippen LogP contribution in [0, 0.1) is 11.7 Å². The molecular formula is C23H39FO3. The number of ether oxygens (including phenoxy) is 3. The third kappa shape index (κ3) is 8.71. The summed E-state index contributed by atoms with van der Waals surface area (Å²) in [7, 11) is 0. The van der Waals surface area contributed by atoms with Gasteiger partial charge < -0.3 is 14.2 Å². The number of benzene rings is 1. The highest BCUT2D eigenvalue weighted by Crippen LogP contribution is 2.33. The van der Waals surface area contributed by atoms with Gasteiger partial charge in [-0.05, 0) is 51.3 Å². The maximum Gasteiger partial charge on any atom is 0.286 e. The predicted molar refractivity (Wildman–Crippen MR) is 109 cm³/mol. The molecule has 1 rings (SSSR count). The van der Waals surface area contributed by atoms with Crippen molar-refractivity contribution in [3.8, 4) is 0 Å². The molecule has 0 spiro atoms. The molecule has 0 aliphatic rings. The number of unbranched alkanes of at least 4 members (excludes halogenated alkanes) is 5. The van der Waals surface area contributed by atoms with Gasteiger partial charge in [-0.1, -0.05) is 57.6 Å². The third-order valence-electron chi connectivity index (χ3n) is 4.84. The van der Waals surface area contributed by atoms with Crippen molar-refractivity contribution in [1.82, 2.24) is 0 Å². The van der Waals surface area contributed by atoms with Crippen LogP contribution in [0.2, 0.25) is 0 Å². The second kappa shape index (κ2) is 14.1. The average Bonchev–Trinajstić information content (AvgIpc) is 2.65. The summed E-state index contributed by atoms with van der Waals surface area (Å²) in [5, 5.41) is 0. The van der Waals surface area contributed by atoms with Crippen LogP contribution < -0.4 is 0 Å². The van der Waals surface area contributed by atoms with Gasteiger partial charge in [-0.15, -0.1) is 0 Å². The zero-order valence-corrected chi connectivity index (χ0v) is 17.8. The van der Waals surface area contributed by atoms with Gasteiger partial charge in [-0.25, -0.2) is 4.39 Å². The van der Waals surface area contributed by atoms with Crippen LogP contribution in [0.1, 0.15) is 78.2 Å². The average molecular weight is 383 g/mol. The Kier molecular flexibility index (Phi) is 12.6. The summed E-state index contributed by atoms with van der Waals surface area (Å²) in [6.07, 6.45) is 9.16. The lowest BCUT2D eigenvalue weighted by Gasteiger charge is -2.39. The first-order chi connectivity index (χ1) is 13.1. The molecule has 0 radical (unpaired) electrons. The van der Waals surface area contributed by atoms with E-state index in [0.29, 0.717) is 19.8 Å². The van der Waals surface area contributed by atoms with Gasteiger partial charge in [0.1, 0.15) is 5.82 Å². The Labute approximate surface area is 165 Å².